The lowest BCUT2D eigenvalue weighted by atomic mass is 10.1. The van der Waals surface area contributed by atoms with Crippen LogP contribution in [0.3, 0.4) is 0 Å². The molecule has 0 amide bonds. The van der Waals surface area contributed by atoms with E-state index in [9.17, 15) is 0 Å². The summed E-state index contributed by atoms with van der Waals surface area (Å²) in [5, 5.41) is 7.53. The third-order valence-corrected chi connectivity index (χ3v) is 3.63. The van der Waals surface area contributed by atoms with Crippen LogP contribution in [0.4, 0.5) is 0 Å². The fraction of sp³-hybridized carbons (Fsp3) is 0.188. The van der Waals surface area contributed by atoms with Gasteiger partial charge in [-0.25, -0.2) is 9.97 Å². The summed E-state index contributed by atoms with van der Waals surface area (Å²) >= 11 is 0. The first-order valence-electron chi connectivity index (χ1n) is 7.03. The SMILES string of the molecule is Cn1ccnc1Cc1nccn1Cc1cccc(C(=N)N)c1. The van der Waals surface area contributed by atoms with Gasteiger partial charge >= 0.3 is 0 Å². The fourth-order valence-corrected chi connectivity index (χ4v) is 2.39. The number of nitrogens with one attached hydrogen (secondary N) is 1. The molecule has 0 aliphatic heterocycles. The number of hydrogen-bond donors (Lipinski definition) is 2. The van der Waals surface area contributed by atoms with Crippen molar-refractivity contribution in [1.29, 1.82) is 5.41 Å². The first kappa shape index (κ1) is 14.1. The minimum atomic E-state index is 0.0840. The molecule has 0 aliphatic rings. The zero-order valence-electron chi connectivity index (χ0n) is 12.4. The maximum absolute atomic E-state index is 7.53. The van der Waals surface area contributed by atoms with E-state index in [1.54, 1.807) is 12.4 Å². The van der Waals surface area contributed by atoms with E-state index in [1.807, 2.05) is 48.3 Å². The van der Waals surface area contributed by atoms with Gasteiger partial charge in [0.1, 0.15) is 17.5 Å². The van der Waals surface area contributed by atoms with Gasteiger partial charge in [0.25, 0.3) is 0 Å². The summed E-state index contributed by atoms with van der Waals surface area (Å²) in [4.78, 5) is 8.77. The molecule has 2 aromatic heterocycles. The van der Waals surface area contributed by atoms with E-state index in [1.165, 1.54) is 0 Å². The number of benzene rings is 1. The van der Waals surface area contributed by atoms with Gasteiger partial charge in [0.05, 0.1) is 6.42 Å². The zero-order valence-corrected chi connectivity index (χ0v) is 12.4. The molecule has 6 nitrogen and oxygen atoms in total. The second-order valence-electron chi connectivity index (χ2n) is 5.22. The number of nitrogens with two attached hydrogens (primary N) is 1. The summed E-state index contributed by atoms with van der Waals surface area (Å²) in [6.07, 6.45) is 8.16. The Labute approximate surface area is 128 Å². The molecule has 3 N–H and O–H groups in total. The van der Waals surface area contributed by atoms with Crippen molar-refractivity contribution < 1.29 is 0 Å². The molecule has 22 heavy (non-hydrogen) atoms. The second-order valence-corrected chi connectivity index (χ2v) is 5.22. The van der Waals surface area contributed by atoms with Crippen LogP contribution >= 0.6 is 0 Å². The van der Waals surface area contributed by atoms with Crippen molar-refractivity contribution in [1.82, 2.24) is 19.1 Å². The molecular formula is C16H18N6. The molecule has 3 rings (SSSR count). The average Bonchev–Trinajstić information content (AvgIpc) is 3.10. The van der Waals surface area contributed by atoms with Gasteiger partial charge in [-0.1, -0.05) is 18.2 Å². The average molecular weight is 294 g/mol. The van der Waals surface area contributed by atoms with Crippen LogP contribution in [0.25, 0.3) is 0 Å². The van der Waals surface area contributed by atoms with Gasteiger partial charge in [0.2, 0.25) is 0 Å². The number of aromatic nitrogens is 4. The monoisotopic (exact) mass is 294 g/mol. The number of rotatable bonds is 5. The van der Waals surface area contributed by atoms with Crippen LogP contribution in [0, 0.1) is 5.41 Å². The molecule has 112 valence electrons. The maximum Gasteiger partial charge on any atom is 0.122 e. The third kappa shape index (κ3) is 2.90. The van der Waals surface area contributed by atoms with Crippen LogP contribution in [0.15, 0.2) is 49.1 Å². The number of aryl methyl sites for hydroxylation is 1. The van der Waals surface area contributed by atoms with E-state index >= 15 is 0 Å². The summed E-state index contributed by atoms with van der Waals surface area (Å²) in [7, 11) is 1.98. The fourth-order valence-electron chi connectivity index (χ4n) is 2.39. The van der Waals surface area contributed by atoms with E-state index in [2.05, 4.69) is 14.5 Å². The third-order valence-electron chi connectivity index (χ3n) is 3.63. The van der Waals surface area contributed by atoms with E-state index in [0.717, 1.165) is 22.8 Å². The highest BCUT2D eigenvalue weighted by Crippen LogP contribution is 2.11. The topological polar surface area (TPSA) is 85.5 Å². The molecule has 0 aliphatic carbocycles. The van der Waals surface area contributed by atoms with Gasteiger partial charge in [-0.05, 0) is 11.6 Å². The lowest BCUT2D eigenvalue weighted by molar-refractivity contribution is 0.711. The van der Waals surface area contributed by atoms with Crippen molar-refractivity contribution in [3.05, 3.63) is 71.8 Å². The molecule has 0 atom stereocenters. The Hall–Kier alpha value is -2.89. The summed E-state index contributed by atoms with van der Waals surface area (Å²) in [6, 6.07) is 7.72. The lowest BCUT2D eigenvalue weighted by Gasteiger charge is -2.09. The van der Waals surface area contributed by atoms with Gasteiger partial charge in [-0.3, -0.25) is 5.41 Å². The zero-order chi connectivity index (χ0) is 15.5. The Morgan fingerprint density at radius 1 is 1.18 bits per heavy atom. The standard InChI is InChI=1S/C16H18N6/c1-21-7-5-19-14(21)10-15-20-6-8-22(15)11-12-3-2-4-13(9-12)16(17)18/h2-9H,10-11H2,1H3,(H3,17,18). The molecule has 0 spiro atoms. The van der Waals surface area contributed by atoms with Crippen LogP contribution in [-0.4, -0.2) is 24.9 Å². The van der Waals surface area contributed by atoms with Crippen molar-refractivity contribution in [2.45, 2.75) is 13.0 Å². The Bertz CT molecular complexity index is 798. The van der Waals surface area contributed by atoms with Crippen molar-refractivity contribution in [3.8, 4) is 0 Å². The number of nitrogens with zero attached hydrogens (tertiary/aromatic N) is 4. The number of amidine groups is 1. The molecule has 0 radical (unpaired) electrons. The van der Waals surface area contributed by atoms with Crippen LogP contribution in [0.2, 0.25) is 0 Å². The molecule has 0 bridgehead atoms. The number of hydrogen-bond acceptors (Lipinski definition) is 3. The van der Waals surface area contributed by atoms with Gasteiger partial charge < -0.3 is 14.9 Å². The highest BCUT2D eigenvalue weighted by molar-refractivity contribution is 5.95. The normalized spacial score (nSPS) is 10.8. The summed E-state index contributed by atoms with van der Waals surface area (Å²) < 4.78 is 4.09. The number of nitrogen functional groups attached to an aromatic ring is 1. The van der Waals surface area contributed by atoms with Gasteiger partial charge in [0.15, 0.2) is 0 Å². The number of imidazole rings is 2. The van der Waals surface area contributed by atoms with Gasteiger partial charge in [-0.15, -0.1) is 0 Å². The van der Waals surface area contributed by atoms with Gasteiger partial charge in [0, 0.05) is 43.9 Å². The predicted molar refractivity (Wildman–Crippen MR) is 84.8 cm³/mol. The smallest absolute Gasteiger partial charge is 0.122 e. The van der Waals surface area contributed by atoms with E-state index in [-0.39, 0.29) is 5.84 Å². The molecule has 3 aromatic rings. The Morgan fingerprint density at radius 3 is 2.68 bits per heavy atom. The van der Waals surface area contributed by atoms with Crippen LogP contribution in [0.1, 0.15) is 22.8 Å². The van der Waals surface area contributed by atoms with Crippen molar-refractivity contribution >= 4 is 5.84 Å². The van der Waals surface area contributed by atoms with Crippen molar-refractivity contribution in [3.63, 3.8) is 0 Å². The van der Waals surface area contributed by atoms with E-state index in [0.29, 0.717) is 13.0 Å². The van der Waals surface area contributed by atoms with Gasteiger partial charge in [-0.2, -0.15) is 0 Å². The first-order chi connectivity index (χ1) is 10.6. The molecule has 2 heterocycles. The molecular weight excluding hydrogens is 276 g/mol. The molecule has 1 aromatic carbocycles. The molecule has 0 saturated carbocycles. The predicted octanol–water partition coefficient (Wildman–Crippen LogP) is 1.54. The quantitative estimate of drug-likeness (QED) is 0.553. The molecule has 0 fully saturated rings. The summed E-state index contributed by atoms with van der Waals surface area (Å²) in [5.74, 6) is 2.02. The minimum absolute atomic E-state index is 0.0840. The highest BCUT2D eigenvalue weighted by atomic mass is 15.1. The summed E-state index contributed by atoms with van der Waals surface area (Å²) in [5.41, 5.74) is 7.37. The Balaban J connectivity index is 1.82. The van der Waals surface area contributed by atoms with Crippen LogP contribution in [-0.2, 0) is 20.0 Å². The van der Waals surface area contributed by atoms with Crippen LogP contribution in [0.5, 0.6) is 0 Å². The lowest BCUT2D eigenvalue weighted by Crippen LogP contribution is -2.12. The molecule has 6 heteroatoms. The first-order valence-corrected chi connectivity index (χ1v) is 7.03. The second kappa shape index (κ2) is 5.85. The van der Waals surface area contributed by atoms with E-state index < -0.39 is 0 Å². The van der Waals surface area contributed by atoms with E-state index in [4.69, 9.17) is 11.1 Å². The molecule has 0 saturated heterocycles. The summed E-state index contributed by atoms with van der Waals surface area (Å²) in [6.45, 7) is 0.695. The largest absolute Gasteiger partial charge is 0.384 e. The Morgan fingerprint density at radius 2 is 1.95 bits per heavy atom. The minimum Gasteiger partial charge on any atom is -0.384 e. The van der Waals surface area contributed by atoms with Crippen LogP contribution < -0.4 is 5.73 Å². The van der Waals surface area contributed by atoms with Crippen molar-refractivity contribution in [2.24, 2.45) is 12.8 Å². The highest BCUT2D eigenvalue weighted by Gasteiger charge is 2.08. The Kier molecular flexibility index (Phi) is 3.74. The maximum atomic E-state index is 7.53. The van der Waals surface area contributed by atoms with Crippen molar-refractivity contribution in [2.75, 3.05) is 0 Å². The molecule has 0 unspecified atom stereocenters.